The predicted octanol–water partition coefficient (Wildman–Crippen LogP) is 0.230. The monoisotopic (exact) mass is 205 g/mol. The normalized spacial score (nSPS) is 23.6. The molecule has 4 nitrogen and oxygen atoms in total. The van der Waals surface area contributed by atoms with Crippen LogP contribution in [0.1, 0.15) is 25.7 Å². The largest absolute Gasteiger partial charge is 0.314 e. The molecule has 2 N–H and O–H groups in total. The molecule has 1 heterocycles. The van der Waals surface area contributed by atoms with Gasteiger partial charge in [0.25, 0.3) is 0 Å². The molecule has 77 valence electrons. The molecule has 5 heteroatoms. The molecule has 0 aliphatic carbocycles. The Morgan fingerprint density at radius 2 is 2.31 bits per heavy atom. The van der Waals surface area contributed by atoms with Crippen molar-refractivity contribution < 1.29 is 8.42 Å². The minimum Gasteiger partial charge on any atom is -0.314 e. The van der Waals surface area contributed by atoms with Crippen LogP contribution in [-0.2, 0) is 10.0 Å². The summed E-state index contributed by atoms with van der Waals surface area (Å²) in [6, 6.07) is 0.528. The molecule has 1 aliphatic rings. The van der Waals surface area contributed by atoms with Crippen molar-refractivity contribution in [3.8, 4) is 0 Å². The standard InChI is InChI=1S/C8H17N2O2S/c1-9-13(11,12)7-3-5-8-4-2-6-10-8/h8-10H,1-7H2. The average Bonchev–Trinajstić information content (AvgIpc) is 2.57. The van der Waals surface area contributed by atoms with E-state index in [1.54, 1.807) is 0 Å². The molecule has 0 aromatic rings. The van der Waals surface area contributed by atoms with E-state index in [9.17, 15) is 8.42 Å². The smallest absolute Gasteiger partial charge is 0.211 e. The van der Waals surface area contributed by atoms with Crippen LogP contribution in [0.15, 0.2) is 0 Å². The summed E-state index contributed by atoms with van der Waals surface area (Å²) in [6.07, 6.45) is 4.05. The van der Waals surface area contributed by atoms with Gasteiger partial charge in [0.15, 0.2) is 0 Å². The summed E-state index contributed by atoms with van der Waals surface area (Å²) in [6.45, 7) is 1.07. The van der Waals surface area contributed by atoms with Crippen LogP contribution in [0.25, 0.3) is 0 Å². The lowest BCUT2D eigenvalue weighted by atomic mass is 10.1. The molecule has 0 saturated carbocycles. The zero-order valence-corrected chi connectivity index (χ0v) is 8.57. The van der Waals surface area contributed by atoms with E-state index in [-0.39, 0.29) is 5.75 Å². The van der Waals surface area contributed by atoms with Gasteiger partial charge in [-0.2, -0.15) is 0 Å². The molecule has 1 atom stereocenters. The summed E-state index contributed by atoms with van der Waals surface area (Å²) in [5, 5.41) is 3.33. The van der Waals surface area contributed by atoms with Gasteiger partial charge in [0, 0.05) is 13.1 Å². The van der Waals surface area contributed by atoms with E-state index < -0.39 is 10.0 Å². The van der Waals surface area contributed by atoms with Gasteiger partial charge in [-0.25, -0.2) is 13.1 Å². The second-order valence-corrected chi connectivity index (χ2v) is 5.33. The van der Waals surface area contributed by atoms with Crippen LogP contribution in [-0.4, -0.2) is 26.8 Å². The first kappa shape index (κ1) is 10.9. The molecular weight excluding hydrogens is 188 g/mol. The first-order chi connectivity index (χ1) is 6.14. The van der Waals surface area contributed by atoms with Crippen molar-refractivity contribution in [3.63, 3.8) is 0 Å². The summed E-state index contributed by atoms with van der Waals surface area (Å²) < 4.78 is 24.0. The molecule has 1 aliphatic heterocycles. The van der Waals surface area contributed by atoms with Gasteiger partial charge in [0.2, 0.25) is 10.0 Å². The van der Waals surface area contributed by atoms with Gasteiger partial charge in [0.1, 0.15) is 0 Å². The number of rotatable bonds is 5. The third-order valence-electron chi connectivity index (χ3n) is 2.35. The van der Waals surface area contributed by atoms with E-state index in [1.807, 2.05) is 0 Å². The van der Waals surface area contributed by atoms with Crippen LogP contribution in [0.2, 0.25) is 0 Å². The van der Waals surface area contributed by atoms with Crippen molar-refractivity contribution in [2.24, 2.45) is 0 Å². The molecular formula is C8H17N2O2S. The van der Waals surface area contributed by atoms with Crippen LogP contribution < -0.4 is 10.0 Å². The van der Waals surface area contributed by atoms with Crippen LogP contribution in [0, 0.1) is 7.05 Å². The highest BCUT2D eigenvalue weighted by Gasteiger charge is 2.14. The molecule has 1 fully saturated rings. The minimum atomic E-state index is -3.10. The van der Waals surface area contributed by atoms with Gasteiger partial charge >= 0.3 is 0 Å². The fraction of sp³-hybridized carbons (Fsp3) is 0.875. The Morgan fingerprint density at radius 3 is 2.85 bits per heavy atom. The molecule has 1 saturated heterocycles. The summed E-state index contributed by atoms with van der Waals surface area (Å²) in [7, 11) is 0.0541. The van der Waals surface area contributed by atoms with E-state index in [0.29, 0.717) is 12.5 Å². The fourth-order valence-electron chi connectivity index (χ4n) is 1.60. The third kappa shape index (κ3) is 4.06. The average molecular weight is 205 g/mol. The van der Waals surface area contributed by atoms with Crippen molar-refractivity contribution in [1.29, 1.82) is 0 Å². The second-order valence-electron chi connectivity index (χ2n) is 3.40. The molecule has 1 rings (SSSR count). The molecule has 0 aromatic heterocycles. The Labute approximate surface area is 80.1 Å². The number of hydrogen-bond acceptors (Lipinski definition) is 3. The van der Waals surface area contributed by atoms with Crippen LogP contribution >= 0.6 is 0 Å². The summed E-state index contributed by atoms with van der Waals surface area (Å²) >= 11 is 0. The van der Waals surface area contributed by atoms with Crippen molar-refractivity contribution >= 4 is 10.0 Å². The highest BCUT2D eigenvalue weighted by atomic mass is 32.2. The van der Waals surface area contributed by atoms with Crippen molar-refractivity contribution in [1.82, 2.24) is 10.0 Å². The predicted molar refractivity (Wildman–Crippen MR) is 52.5 cm³/mol. The highest BCUT2D eigenvalue weighted by Crippen LogP contribution is 2.10. The van der Waals surface area contributed by atoms with Crippen LogP contribution in [0.5, 0.6) is 0 Å². The first-order valence-electron chi connectivity index (χ1n) is 4.64. The maximum Gasteiger partial charge on any atom is 0.211 e. The Morgan fingerprint density at radius 1 is 1.54 bits per heavy atom. The van der Waals surface area contributed by atoms with Gasteiger partial charge in [-0.1, -0.05) is 0 Å². The van der Waals surface area contributed by atoms with Crippen molar-refractivity contribution in [2.45, 2.75) is 31.7 Å². The highest BCUT2D eigenvalue weighted by molar-refractivity contribution is 7.89. The summed E-state index contributed by atoms with van der Waals surface area (Å²) in [4.78, 5) is 0. The van der Waals surface area contributed by atoms with Crippen molar-refractivity contribution in [2.75, 3.05) is 12.3 Å². The maximum atomic E-state index is 11.0. The van der Waals surface area contributed by atoms with Gasteiger partial charge < -0.3 is 5.32 Å². The van der Waals surface area contributed by atoms with E-state index in [4.69, 9.17) is 0 Å². The van der Waals surface area contributed by atoms with Gasteiger partial charge in [-0.15, -0.1) is 0 Å². The van der Waals surface area contributed by atoms with Gasteiger partial charge in [-0.3, -0.25) is 0 Å². The lowest BCUT2D eigenvalue weighted by Gasteiger charge is -2.08. The van der Waals surface area contributed by atoms with Crippen molar-refractivity contribution in [3.05, 3.63) is 7.05 Å². The summed E-state index contributed by atoms with van der Waals surface area (Å²) in [5.41, 5.74) is 0. The summed E-state index contributed by atoms with van der Waals surface area (Å²) in [5.74, 6) is 0.189. The Balaban J connectivity index is 2.13. The lowest BCUT2D eigenvalue weighted by molar-refractivity contribution is 0.542. The fourth-order valence-corrected chi connectivity index (χ4v) is 2.29. The SMILES string of the molecule is [CH2]NS(=O)(=O)CCCC1CCCN1. The maximum absolute atomic E-state index is 11.0. The van der Waals surface area contributed by atoms with E-state index >= 15 is 0 Å². The molecule has 0 amide bonds. The lowest BCUT2D eigenvalue weighted by Crippen LogP contribution is -2.24. The Bertz CT molecular complexity index is 233. The number of nitrogens with one attached hydrogen (secondary N) is 2. The molecule has 0 aromatic carbocycles. The van der Waals surface area contributed by atoms with Crippen LogP contribution in [0.3, 0.4) is 0 Å². The van der Waals surface area contributed by atoms with Gasteiger partial charge in [0.05, 0.1) is 5.75 Å². The third-order valence-corrected chi connectivity index (χ3v) is 3.61. The van der Waals surface area contributed by atoms with E-state index in [2.05, 4.69) is 17.1 Å². The molecule has 1 unspecified atom stereocenters. The molecule has 13 heavy (non-hydrogen) atoms. The topological polar surface area (TPSA) is 58.2 Å². The van der Waals surface area contributed by atoms with Crippen LogP contribution in [0.4, 0.5) is 0 Å². The quantitative estimate of drug-likeness (QED) is 0.675. The Hall–Kier alpha value is -0.130. The zero-order valence-electron chi connectivity index (χ0n) is 7.75. The number of hydrogen-bond donors (Lipinski definition) is 2. The molecule has 0 bridgehead atoms. The zero-order chi connectivity index (χ0) is 9.73. The molecule has 1 radical (unpaired) electrons. The number of sulfonamides is 1. The minimum absolute atomic E-state index is 0.189. The van der Waals surface area contributed by atoms with Gasteiger partial charge in [-0.05, 0) is 32.2 Å². The molecule has 0 spiro atoms. The second kappa shape index (κ2) is 4.93. The van der Waals surface area contributed by atoms with E-state index in [0.717, 1.165) is 13.0 Å². The Kier molecular flexibility index (Phi) is 4.15. The first-order valence-corrected chi connectivity index (χ1v) is 6.29. The van der Waals surface area contributed by atoms with E-state index in [1.165, 1.54) is 12.8 Å².